The fraction of sp³-hybridized carbons (Fsp3) is 0.143. The first kappa shape index (κ1) is 13.3. The molecule has 102 valence electrons. The molecule has 6 heteroatoms. The fourth-order valence-electron chi connectivity index (χ4n) is 1.95. The lowest BCUT2D eigenvalue weighted by Crippen LogP contribution is -2.08. The zero-order valence-electron chi connectivity index (χ0n) is 10.8. The molecule has 0 unspecified atom stereocenters. The van der Waals surface area contributed by atoms with Crippen LogP contribution >= 0.6 is 27.3 Å². The van der Waals surface area contributed by atoms with E-state index in [4.69, 9.17) is 9.47 Å². The summed E-state index contributed by atoms with van der Waals surface area (Å²) in [4.78, 5) is 17.4. The molecule has 1 aliphatic heterocycles. The Kier molecular flexibility index (Phi) is 3.35. The molecule has 0 atom stereocenters. The second-order valence-electron chi connectivity index (χ2n) is 4.12. The molecule has 1 heterocycles. The van der Waals surface area contributed by atoms with Crippen molar-refractivity contribution in [3.05, 3.63) is 39.0 Å². The predicted molar refractivity (Wildman–Crippen MR) is 83.3 cm³/mol. The molecule has 0 saturated carbocycles. The molecule has 0 N–H and O–H groups in total. The van der Waals surface area contributed by atoms with Gasteiger partial charge in [0.05, 0.1) is 39.5 Å². The van der Waals surface area contributed by atoms with Crippen LogP contribution in [0.4, 0.5) is 0 Å². The molecule has 0 bridgehead atoms. The van der Waals surface area contributed by atoms with E-state index in [0.29, 0.717) is 4.47 Å². The van der Waals surface area contributed by atoms with Gasteiger partial charge >= 0.3 is 0 Å². The van der Waals surface area contributed by atoms with Crippen molar-refractivity contribution in [2.75, 3.05) is 14.2 Å². The summed E-state index contributed by atoms with van der Waals surface area (Å²) in [6, 6.07) is 7.34. The second-order valence-corrected chi connectivity index (χ2v) is 5.96. The Morgan fingerprint density at radius 2 is 2.00 bits per heavy atom. The molecule has 0 amide bonds. The first-order valence-electron chi connectivity index (χ1n) is 5.79. The maximum atomic E-state index is 12.1. The molecule has 3 rings (SSSR count). The Labute approximate surface area is 127 Å². The van der Waals surface area contributed by atoms with Crippen molar-refractivity contribution < 1.29 is 9.47 Å². The van der Waals surface area contributed by atoms with Gasteiger partial charge in [0.25, 0.3) is 0 Å². The summed E-state index contributed by atoms with van der Waals surface area (Å²) in [5.41, 5.74) is 1.42. The third-order valence-corrected chi connectivity index (χ3v) is 5.15. The van der Waals surface area contributed by atoms with Crippen molar-refractivity contribution in [2.24, 2.45) is 0 Å². The molecule has 0 aromatic heterocycles. The number of rotatable bonds is 2. The van der Waals surface area contributed by atoms with Crippen molar-refractivity contribution in [1.29, 1.82) is 0 Å². The smallest absolute Gasteiger partial charge is 0.236 e. The SMILES string of the molecule is COc1ccc2nc3cc(OC)c(=O)c(Br)c-3sc2c1. The summed E-state index contributed by atoms with van der Waals surface area (Å²) in [5.74, 6) is 1.05. The third-order valence-electron chi connectivity index (χ3n) is 2.96. The van der Waals surface area contributed by atoms with Crippen molar-refractivity contribution >= 4 is 37.5 Å². The Morgan fingerprint density at radius 3 is 2.70 bits per heavy atom. The van der Waals surface area contributed by atoms with Crippen LogP contribution in [0, 0.1) is 0 Å². The molecule has 0 radical (unpaired) electrons. The molecule has 0 spiro atoms. The van der Waals surface area contributed by atoms with Gasteiger partial charge in [0.15, 0.2) is 5.75 Å². The van der Waals surface area contributed by atoms with Gasteiger partial charge in [-0.1, -0.05) is 0 Å². The van der Waals surface area contributed by atoms with E-state index >= 15 is 0 Å². The van der Waals surface area contributed by atoms with Gasteiger partial charge in [0.2, 0.25) is 5.43 Å². The number of nitrogens with zero attached hydrogens (tertiary/aromatic N) is 1. The van der Waals surface area contributed by atoms with Gasteiger partial charge in [0, 0.05) is 6.07 Å². The zero-order chi connectivity index (χ0) is 14.3. The van der Waals surface area contributed by atoms with Gasteiger partial charge in [-0.25, -0.2) is 4.98 Å². The highest BCUT2D eigenvalue weighted by molar-refractivity contribution is 9.10. The van der Waals surface area contributed by atoms with Gasteiger partial charge in [-0.15, -0.1) is 11.3 Å². The van der Waals surface area contributed by atoms with Crippen LogP contribution in [0.1, 0.15) is 0 Å². The number of aromatic nitrogens is 1. The number of halogens is 1. The lowest BCUT2D eigenvalue weighted by molar-refractivity contribution is 0.410. The fourth-order valence-corrected chi connectivity index (χ4v) is 3.59. The molecule has 4 nitrogen and oxygen atoms in total. The topological polar surface area (TPSA) is 48.4 Å². The van der Waals surface area contributed by atoms with Gasteiger partial charge in [-0.05, 0) is 34.1 Å². The van der Waals surface area contributed by atoms with Gasteiger partial charge in [0.1, 0.15) is 5.75 Å². The second kappa shape index (κ2) is 5.03. The van der Waals surface area contributed by atoms with E-state index in [-0.39, 0.29) is 11.2 Å². The number of hydrogen-bond acceptors (Lipinski definition) is 5. The van der Waals surface area contributed by atoms with Crippen molar-refractivity contribution in [2.45, 2.75) is 0 Å². The van der Waals surface area contributed by atoms with Crippen LogP contribution in [-0.2, 0) is 0 Å². The summed E-state index contributed by atoms with van der Waals surface area (Å²) < 4.78 is 11.7. The van der Waals surface area contributed by atoms with Crippen LogP contribution in [-0.4, -0.2) is 19.2 Å². The van der Waals surface area contributed by atoms with Crippen LogP contribution in [0.5, 0.6) is 11.5 Å². The number of methoxy groups -OCH3 is 2. The highest BCUT2D eigenvalue weighted by Crippen LogP contribution is 2.37. The highest BCUT2D eigenvalue weighted by Gasteiger charge is 2.17. The summed E-state index contributed by atoms with van der Waals surface area (Å²) in [5, 5.41) is 0. The van der Waals surface area contributed by atoms with Crippen LogP contribution in [0.25, 0.3) is 20.8 Å². The lowest BCUT2D eigenvalue weighted by atomic mass is 10.2. The molecule has 20 heavy (non-hydrogen) atoms. The monoisotopic (exact) mass is 351 g/mol. The van der Waals surface area contributed by atoms with E-state index in [0.717, 1.165) is 26.5 Å². The van der Waals surface area contributed by atoms with E-state index < -0.39 is 0 Å². The largest absolute Gasteiger partial charge is 0.497 e. The van der Waals surface area contributed by atoms with E-state index in [1.54, 1.807) is 13.2 Å². The Balaban J connectivity index is 2.39. The van der Waals surface area contributed by atoms with Crippen LogP contribution in [0.15, 0.2) is 33.5 Å². The normalized spacial score (nSPS) is 10.9. The summed E-state index contributed by atoms with van der Waals surface area (Å²) in [6.07, 6.45) is 0. The Morgan fingerprint density at radius 1 is 1.20 bits per heavy atom. The van der Waals surface area contributed by atoms with Gasteiger partial charge in [-0.2, -0.15) is 0 Å². The summed E-state index contributed by atoms with van der Waals surface area (Å²) in [7, 11) is 3.10. The van der Waals surface area contributed by atoms with Crippen molar-refractivity contribution in [1.82, 2.24) is 4.98 Å². The summed E-state index contributed by atoms with van der Waals surface area (Å²) >= 11 is 4.84. The van der Waals surface area contributed by atoms with Crippen molar-refractivity contribution in [3.8, 4) is 22.1 Å². The molecule has 1 aliphatic carbocycles. The first-order chi connectivity index (χ1) is 9.63. The minimum atomic E-state index is -0.166. The highest BCUT2D eigenvalue weighted by atomic mass is 79.9. The number of fused-ring (bicyclic) bond motifs is 2. The minimum Gasteiger partial charge on any atom is -0.497 e. The quantitative estimate of drug-likeness (QED) is 0.662. The van der Waals surface area contributed by atoms with Crippen LogP contribution in [0.2, 0.25) is 0 Å². The summed E-state index contributed by atoms with van der Waals surface area (Å²) in [6.45, 7) is 0. The maximum Gasteiger partial charge on any atom is 0.236 e. The Bertz CT molecular complexity index is 831. The number of hydrogen-bond donors (Lipinski definition) is 0. The molecular weight excluding hydrogens is 342 g/mol. The first-order valence-corrected chi connectivity index (χ1v) is 7.40. The van der Waals surface area contributed by atoms with E-state index in [1.807, 2.05) is 18.2 Å². The molecule has 1 aromatic rings. The van der Waals surface area contributed by atoms with Crippen LogP contribution < -0.4 is 14.9 Å². The molecule has 1 aromatic carbocycles. The van der Waals surface area contributed by atoms with E-state index in [2.05, 4.69) is 20.9 Å². The van der Waals surface area contributed by atoms with Crippen LogP contribution in [0.3, 0.4) is 0 Å². The molecular formula is C14H10BrNO3S. The maximum absolute atomic E-state index is 12.1. The lowest BCUT2D eigenvalue weighted by Gasteiger charge is -2.10. The zero-order valence-corrected chi connectivity index (χ0v) is 13.2. The van der Waals surface area contributed by atoms with E-state index in [9.17, 15) is 4.79 Å². The average Bonchev–Trinajstić information content (AvgIpc) is 2.48. The number of ether oxygens (including phenoxy) is 2. The Hall–Kier alpha value is -1.66. The molecule has 2 aliphatic rings. The minimum absolute atomic E-state index is 0.166. The van der Waals surface area contributed by atoms with E-state index in [1.165, 1.54) is 18.4 Å². The predicted octanol–water partition coefficient (Wildman–Crippen LogP) is 3.54. The molecule has 0 saturated heterocycles. The number of benzene rings is 2. The van der Waals surface area contributed by atoms with Gasteiger partial charge < -0.3 is 9.47 Å². The molecule has 0 fully saturated rings. The van der Waals surface area contributed by atoms with Gasteiger partial charge in [-0.3, -0.25) is 4.79 Å². The van der Waals surface area contributed by atoms with Crippen molar-refractivity contribution in [3.63, 3.8) is 0 Å². The standard InChI is InChI=1S/C14H10BrNO3S/c1-18-7-3-4-8-11(5-7)20-14-9(16-8)6-10(19-2)13(17)12(14)15/h3-6H,1-2H3. The third kappa shape index (κ3) is 2.05. The average molecular weight is 352 g/mol.